The van der Waals surface area contributed by atoms with Crippen molar-refractivity contribution in [3.8, 4) is 6.07 Å². The van der Waals surface area contributed by atoms with E-state index in [0.29, 0.717) is 11.8 Å². The van der Waals surface area contributed by atoms with Crippen LogP contribution in [0.25, 0.3) is 0 Å². The molecule has 0 rings (SSSR count). The van der Waals surface area contributed by atoms with Gasteiger partial charge in [0.2, 0.25) is 0 Å². The Hall–Kier alpha value is -0.510. The predicted octanol–water partition coefficient (Wildman–Crippen LogP) is 3.36. The molecule has 0 aliphatic rings. The topological polar surface area (TPSA) is 23.8 Å². The highest BCUT2D eigenvalue weighted by molar-refractivity contribution is 4.86. The summed E-state index contributed by atoms with van der Waals surface area (Å²) < 4.78 is 0. The quantitative estimate of drug-likeness (QED) is 0.594. The van der Waals surface area contributed by atoms with E-state index in [1.54, 1.807) is 0 Å². The normalized spacial score (nSPS) is 13.0. The van der Waals surface area contributed by atoms with Gasteiger partial charge in [-0.25, -0.2) is 0 Å². The third-order valence-corrected chi connectivity index (χ3v) is 2.38. The van der Waals surface area contributed by atoms with Crippen molar-refractivity contribution in [1.82, 2.24) is 0 Å². The summed E-state index contributed by atoms with van der Waals surface area (Å²) in [6.45, 7) is 6.50. The van der Waals surface area contributed by atoms with Gasteiger partial charge in [0.05, 0.1) is 6.07 Å². The van der Waals surface area contributed by atoms with Crippen molar-refractivity contribution in [2.45, 2.75) is 46.5 Å². The first-order valence-electron chi connectivity index (χ1n) is 4.69. The molecule has 0 bridgehead atoms. The number of hydrogen-bond acceptors (Lipinski definition) is 1. The maximum atomic E-state index is 8.84. The summed E-state index contributed by atoms with van der Waals surface area (Å²) in [5, 5.41) is 8.84. The summed E-state index contributed by atoms with van der Waals surface area (Å²) in [6.07, 6.45) is 4.50. The zero-order chi connectivity index (χ0) is 8.69. The van der Waals surface area contributed by atoms with Gasteiger partial charge in [0.15, 0.2) is 0 Å². The average Bonchev–Trinajstić information content (AvgIpc) is 2.05. The molecule has 0 saturated heterocycles. The zero-order valence-electron chi connectivity index (χ0n) is 7.93. The van der Waals surface area contributed by atoms with Crippen molar-refractivity contribution < 1.29 is 0 Å². The molecule has 64 valence electrons. The van der Waals surface area contributed by atoms with Crippen molar-refractivity contribution in [2.75, 3.05) is 0 Å². The van der Waals surface area contributed by atoms with Gasteiger partial charge in [0.25, 0.3) is 0 Å². The maximum absolute atomic E-state index is 8.84. The lowest BCUT2D eigenvalue weighted by Gasteiger charge is -2.17. The van der Waals surface area contributed by atoms with Crippen molar-refractivity contribution in [3.63, 3.8) is 0 Å². The molecular formula is C10H19N. The summed E-state index contributed by atoms with van der Waals surface area (Å²) in [7, 11) is 0. The minimum atomic E-state index is 0.301. The van der Waals surface area contributed by atoms with Gasteiger partial charge in [-0.15, -0.1) is 0 Å². The van der Waals surface area contributed by atoms with E-state index in [1.807, 2.05) is 0 Å². The third kappa shape index (κ3) is 3.41. The van der Waals surface area contributed by atoms with Crippen LogP contribution in [0.3, 0.4) is 0 Å². The number of nitriles is 1. The monoisotopic (exact) mass is 153 g/mol. The minimum Gasteiger partial charge on any atom is -0.198 e. The van der Waals surface area contributed by atoms with Crippen LogP contribution in [-0.2, 0) is 0 Å². The minimum absolute atomic E-state index is 0.301. The second-order valence-electron chi connectivity index (χ2n) is 3.10. The third-order valence-electron chi connectivity index (χ3n) is 2.38. The van der Waals surface area contributed by atoms with Crippen LogP contribution in [0.5, 0.6) is 0 Å². The summed E-state index contributed by atoms with van der Waals surface area (Å²) in [5.41, 5.74) is 0. The average molecular weight is 153 g/mol. The van der Waals surface area contributed by atoms with E-state index < -0.39 is 0 Å². The molecule has 0 radical (unpaired) electrons. The van der Waals surface area contributed by atoms with Crippen LogP contribution in [-0.4, -0.2) is 0 Å². The Morgan fingerprint density at radius 1 is 1.18 bits per heavy atom. The Morgan fingerprint density at radius 2 is 1.73 bits per heavy atom. The largest absolute Gasteiger partial charge is 0.198 e. The Bertz CT molecular complexity index is 119. The van der Waals surface area contributed by atoms with Gasteiger partial charge < -0.3 is 0 Å². The zero-order valence-corrected chi connectivity index (χ0v) is 7.93. The first kappa shape index (κ1) is 10.5. The van der Waals surface area contributed by atoms with Gasteiger partial charge in [-0.3, -0.25) is 0 Å². The predicted molar refractivity (Wildman–Crippen MR) is 48.1 cm³/mol. The standard InChI is InChI=1S/C10H19N/c1-4-7-10(8-11)9(5-2)6-3/h9-10H,4-7H2,1-3H3. The van der Waals surface area contributed by atoms with Gasteiger partial charge in [0.1, 0.15) is 0 Å². The fraction of sp³-hybridized carbons (Fsp3) is 0.900. The second-order valence-corrected chi connectivity index (χ2v) is 3.10. The molecule has 1 nitrogen and oxygen atoms in total. The first-order valence-corrected chi connectivity index (χ1v) is 4.69. The fourth-order valence-electron chi connectivity index (χ4n) is 1.57. The molecule has 0 spiro atoms. The molecule has 0 aromatic heterocycles. The van der Waals surface area contributed by atoms with Gasteiger partial charge in [-0.2, -0.15) is 5.26 Å². The van der Waals surface area contributed by atoms with Gasteiger partial charge in [-0.1, -0.05) is 40.0 Å². The van der Waals surface area contributed by atoms with Crippen LogP contribution >= 0.6 is 0 Å². The van der Waals surface area contributed by atoms with E-state index in [4.69, 9.17) is 5.26 Å². The molecule has 0 saturated carbocycles. The molecule has 0 amide bonds. The van der Waals surface area contributed by atoms with Crippen molar-refractivity contribution in [1.29, 1.82) is 5.26 Å². The van der Waals surface area contributed by atoms with E-state index in [0.717, 1.165) is 25.7 Å². The summed E-state index contributed by atoms with van der Waals surface area (Å²) in [6, 6.07) is 2.40. The van der Waals surface area contributed by atoms with E-state index in [9.17, 15) is 0 Å². The van der Waals surface area contributed by atoms with Gasteiger partial charge in [0, 0.05) is 5.92 Å². The van der Waals surface area contributed by atoms with Crippen LogP contribution < -0.4 is 0 Å². The molecule has 0 aromatic rings. The van der Waals surface area contributed by atoms with E-state index >= 15 is 0 Å². The van der Waals surface area contributed by atoms with Gasteiger partial charge >= 0.3 is 0 Å². The highest BCUT2D eigenvalue weighted by Gasteiger charge is 2.16. The van der Waals surface area contributed by atoms with Crippen LogP contribution in [0.2, 0.25) is 0 Å². The van der Waals surface area contributed by atoms with E-state index in [2.05, 4.69) is 26.8 Å². The highest BCUT2D eigenvalue weighted by Crippen LogP contribution is 2.22. The highest BCUT2D eigenvalue weighted by atomic mass is 14.3. The smallest absolute Gasteiger partial charge is 0.0658 e. The molecule has 1 atom stereocenters. The van der Waals surface area contributed by atoms with Crippen LogP contribution in [0, 0.1) is 23.2 Å². The van der Waals surface area contributed by atoms with Crippen LogP contribution in [0.4, 0.5) is 0 Å². The first-order chi connectivity index (χ1) is 5.29. The Balaban J connectivity index is 3.89. The molecule has 0 N–H and O–H groups in total. The van der Waals surface area contributed by atoms with Gasteiger partial charge in [-0.05, 0) is 12.3 Å². The van der Waals surface area contributed by atoms with Crippen molar-refractivity contribution >= 4 is 0 Å². The molecule has 0 fully saturated rings. The maximum Gasteiger partial charge on any atom is 0.0658 e. The molecule has 0 aliphatic heterocycles. The summed E-state index contributed by atoms with van der Waals surface area (Å²) in [4.78, 5) is 0. The number of hydrogen-bond donors (Lipinski definition) is 0. The lowest BCUT2D eigenvalue weighted by Crippen LogP contribution is -2.10. The number of rotatable bonds is 5. The lowest BCUT2D eigenvalue weighted by atomic mass is 9.86. The molecule has 11 heavy (non-hydrogen) atoms. The van der Waals surface area contributed by atoms with Crippen LogP contribution in [0.1, 0.15) is 46.5 Å². The van der Waals surface area contributed by atoms with Crippen LogP contribution in [0.15, 0.2) is 0 Å². The lowest BCUT2D eigenvalue weighted by molar-refractivity contribution is 0.358. The van der Waals surface area contributed by atoms with Crippen molar-refractivity contribution in [3.05, 3.63) is 0 Å². The Labute approximate surface area is 70.4 Å². The number of nitrogens with zero attached hydrogens (tertiary/aromatic N) is 1. The summed E-state index contributed by atoms with van der Waals surface area (Å²) >= 11 is 0. The molecule has 1 unspecified atom stereocenters. The van der Waals surface area contributed by atoms with E-state index in [-0.39, 0.29) is 0 Å². The van der Waals surface area contributed by atoms with E-state index in [1.165, 1.54) is 0 Å². The molecular weight excluding hydrogens is 134 g/mol. The summed E-state index contributed by atoms with van der Waals surface area (Å²) in [5.74, 6) is 0.926. The molecule has 0 aromatic carbocycles. The fourth-order valence-corrected chi connectivity index (χ4v) is 1.57. The molecule has 1 heteroatoms. The molecule has 0 heterocycles. The Morgan fingerprint density at radius 3 is 2.00 bits per heavy atom. The Kier molecular flexibility index (Phi) is 5.93. The second kappa shape index (κ2) is 6.22. The van der Waals surface area contributed by atoms with Crippen molar-refractivity contribution in [2.24, 2.45) is 11.8 Å². The molecule has 0 aliphatic carbocycles. The SMILES string of the molecule is CCCC(C#N)C(CC)CC.